The zero-order chi connectivity index (χ0) is 15.5. The Kier molecular flexibility index (Phi) is 4.59. The van der Waals surface area contributed by atoms with Gasteiger partial charge in [-0.05, 0) is 0 Å². The second-order valence-electron chi connectivity index (χ2n) is 4.60. The number of esters is 2. The summed E-state index contributed by atoms with van der Waals surface area (Å²) in [5.41, 5.74) is 0.729. The van der Waals surface area contributed by atoms with Crippen LogP contribution in [0.2, 0.25) is 0 Å². The highest BCUT2D eigenvalue weighted by molar-refractivity contribution is 5.86. The summed E-state index contributed by atoms with van der Waals surface area (Å²) < 4.78 is 20.9. The van der Waals surface area contributed by atoms with Crippen LogP contribution in [0.3, 0.4) is 0 Å². The molecule has 0 radical (unpaired) electrons. The number of hydrogen-bond acceptors (Lipinski definition) is 6. The predicted molar refractivity (Wildman–Crippen MR) is 72.2 cm³/mol. The molecule has 0 spiro atoms. The molecular formula is C15H18O6. The average Bonchev–Trinajstić information content (AvgIpc) is 2.95. The van der Waals surface area contributed by atoms with E-state index in [0.717, 1.165) is 5.56 Å². The van der Waals surface area contributed by atoms with Crippen LogP contribution in [0.4, 0.5) is 0 Å². The lowest BCUT2D eigenvalue weighted by molar-refractivity contribution is -0.196. The molecule has 2 rings (SSSR count). The molecule has 0 amide bonds. The van der Waals surface area contributed by atoms with Gasteiger partial charge in [0.1, 0.15) is 0 Å². The van der Waals surface area contributed by atoms with Crippen molar-refractivity contribution in [2.75, 3.05) is 14.2 Å². The van der Waals surface area contributed by atoms with Crippen molar-refractivity contribution in [3.63, 3.8) is 0 Å². The van der Waals surface area contributed by atoms with Crippen molar-refractivity contribution in [1.82, 2.24) is 0 Å². The smallest absolute Gasteiger partial charge is 0.338 e. The summed E-state index contributed by atoms with van der Waals surface area (Å²) in [6.45, 7) is 1.85. The number of carbonyl (C=O) groups excluding carboxylic acids is 2. The monoisotopic (exact) mass is 294 g/mol. The van der Waals surface area contributed by atoms with Crippen LogP contribution in [0.15, 0.2) is 30.3 Å². The van der Waals surface area contributed by atoms with E-state index in [2.05, 4.69) is 9.47 Å². The minimum absolute atomic E-state index is 0.429. The van der Waals surface area contributed by atoms with Crippen molar-refractivity contribution in [1.29, 1.82) is 0 Å². The van der Waals surface area contributed by atoms with Gasteiger partial charge < -0.3 is 18.9 Å². The lowest BCUT2D eigenvalue weighted by Gasteiger charge is -2.26. The van der Waals surface area contributed by atoms with Crippen molar-refractivity contribution < 1.29 is 28.5 Å². The molecule has 0 N–H and O–H groups in total. The maximum absolute atomic E-state index is 11.8. The van der Waals surface area contributed by atoms with E-state index in [1.807, 2.05) is 37.3 Å². The molecule has 0 aliphatic carbocycles. The Morgan fingerprint density at radius 3 is 1.90 bits per heavy atom. The van der Waals surface area contributed by atoms with E-state index >= 15 is 0 Å². The molecule has 6 heteroatoms. The first-order valence-electron chi connectivity index (χ1n) is 6.64. The molecule has 0 aromatic heterocycles. The van der Waals surface area contributed by atoms with Crippen molar-refractivity contribution in [3.8, 4) is 0 Å². The number of methoxy groups -OCH3 is 2. The summed E-state index contributed by atoms with van der Waals surface area (Å²) >= 11 is 0. The second kappa shape index (κ2) is 6.24. The molecule has 21 heavy (non-hydrogen) atoms. The summed E-state index contributed by atoms with van der Waals surface area (Å²) in [4.78, 5) is 23.7. The molecule has 2 atom stereocenters. The lowest BCUT2D eigenvalue weighted by Crippen LogP contribution is -2.38. The van der Waals surface area contributed by atoms with E-state index in [0.29, 0.717) is 6.42 Å². The highest BCUT2D eigenvalue weighted by Gasteiger charge is 2.54. The number of rotatable bonds is 4. The van der Waals surface area contributed by atoms with Crippen LogP contribution in [0.25, 0.3) is 0 Å². The van der Waals surface area contributed by atoms with E-state index in [1.54, 1.807) is 0 Å². The highest BCUT2D eigenvalue weighted by Crippen LogP contribution is 2.41. The third-order valence-corrected chi connectivity index (χ3v) is 3.46. The third kappa shape index (κ3) is 2.77. The van der Waals surface area contributed by atoms with E-state index in [4.69, 9.17) is 9.47 Å². The van der Waals surface area contributed by atoms with Gasteiger partial charge in [0.25, 0.3) is 0 Å². The summed E-state index contributed by atoms with van der Waals surface area (Å²) in [5.74, 6) is -2.51. The average molecular weight is 294 g/mol. The van der Waals surface area contributed by atoms with Crippen LogP contribution in [-0.2, 0) is 34.3 Å². The number of benzene rings is 1. The Morgan fingerprint density at radius 1 is 1.05 bits per heavy atom. The quantitative estimate of drug-likeness (QED) is 0.781. The van der Waals surface area contributed by atoms with Gasteiger partial charge >= 0.3 is 11.9 Å². The topological polar surface area (TPSA) is 71.1 Å². The van der Waals surface area contributed by atoms with Crippen molar-refractivity contribution >= 4 is 11.9 Å². The molecule has 1 heterocycles. The molecule has 1 aliphatic rings. The molecule has 1 aliphatic heterocycles. The molecule has 6 nitrogen and oxygen atoms in total. The molecule has 0 bridgehead atoms. The Morgan fingerprint density at radius 2 is 1.52 bits per heavy atom. The predicted octanol–water partition coefficient (Wildman–Crippen LogP) is 1.38. The summed E-state index contributed by atoms with van der Waals surface area (Å²) in [6.07, 6.45) is -1.87. The Bertz CT molecular complexity index is 488. The minimum Gasteiger partial charge on any atom is -0.467 e. The van der Waals surface area contributed by atoms with Crippen LogP contribution < -0.4 is 0 Å². The second-order valence-corrected chi connectivity index (χ2v) is 4.60. The first-order valence-corrected chi connectivity index (χ1v) is 6.64. The Hall–Kier alpha value is -1.92. The third-order valence-electron chi connectivity index (χ3n) is 3.46. The fourth-order valence-corrected chi connectivity index (χ4v) is 2.34. The highest BCUT2D eigenvalue weighted by atomic mass is 16.8. The first kappa shape index (κ1) is 15.5. The molecule has 1 aromatic carbocycles. The molecule has 1 aromatic rings. The zero-order valence-electron chi connectivity index (χ0n) is 12.2. The number of carbonyl (C=O) groups is 2. The molecule has 1 fully saturated rings. The van der Waals surface area contributed by atoms with Gasteiger partial charge in [-0.15, -0.1) is 0 Å². The minimum atomic E-state index is -1.17. The number of ether oxygens (including phenoxy) is 4. The standard InChI is InChI=1S/C15H18O6/c1-4-15(10-8-6-5-7-9-10)20-11(13(16)18-2)12(21-15)14(17)19-3/h5-9,11-12H,4H2,1-3H3. The normalized spacial score (nSPS) is 28.1. The van der Waals surface area contributed by atoms with Gasteiger partial charge in [0.2, 0.25) is 0 Å². The van der Waals surface area contributed by atoms with Gasteiger partial charge in [-0.3, -0.25) is 0 Å². The van der Waals surface area contributed by atoms with Crippen LogP contribution in [0, 0.1) is 0 Å². The Balaban J connectivity index is 2.38. The largest absolute Gasteiger partial charge is 0.467 e. The summed E-state index contributed by atoms with van der Waals surface area (Å²) in [7, 11) is 2.46. The molecule has 1 saturated heterocycles. The fraction of sp³-hybridized carbons (Fsp3) is 0.467. The van der Waals surface area contributed by atoms with E-state index in [-0.39, 0.29) is 0 Å². The number of hydrogen-bond donors (Lipinski definition) is 0. The molecular weight excluding hydrogens is 276 g/mol. The van der Waals surface area contributed by atoms with Crippen LogP contribution in [-0.4, -0.2) is 38.4 Å². The van der Waals surface area contributed by atoms with Gasteiger partial charge in [-0.1, -0.05) is 37.3 Å². The van der Waals surface area contributed by atoms with E-state index in [9.17, 15) is 9.59 Å². The van der Waals surface area contributed by atoms with Crippen molar-refractivity contribution in [2.24, 2.45) is 0 Å². The SMILES string of the molecule is CCC1(c2ccccc2)OC(C(=O)OC)C(C(=O)OC)O1. The van der Waals surface area contributed by atoms with Crippen molar-refractivity contribution in [3.05, 3.63) is 35.9 Å². The van der Waals surface area contributed by atoms with Gasteiger partial charge in [0, 0.05) is 12.0 Å². The van der Waals surface area contributed by atoms with Gasteiger partial charge in [0.15, 0.2) is 18.0 Å². The summed E-state index contributed by atoms with van der Waals surface area (Å²) in [5, 5.41) is 0. The maximum atomic E-state index is 11.8. The van der Waals surface area contributed by atoms with Gasteiger partial charge in [-0.2, -0.15) is 0 Å². The Labute approximate surface area is 122 Å². The zero-order valence-corrected chi connectivity index (χ0v) is 12.2. The van der Waals surface area contributed by atoms with Crippen LogP contribution in [0.5, 0.6) is 0 Å². The van der Waals surface area contributed by atoms with Crippen LogP contribution in [0.1, 0.15) is 18.9 Å². The fourth-order valence-electron chi connectivity index (χ4n) is 2.34. The molecule has 2 unspecified atom stereocenters. The van der Waals surface area contributed by atoms with Crippen molar-refractivity contribution in [2.45, 2.75) is 31.3 Å². The lowest BCUT2D eigenvalue weighted by atomic mass is 10.0. The van der Waals surface area contributed by atoms with E-state index in [1.165, 1.54) is 14.2 Å². The van der Waals surface area contributed by atoms with Gasteiger partial charge in [0.05, 0.1) is 14.2 Å². The van der Waals surface area contributed by atoms with Crippen LogP contribution >= 0.6 is 0 Å². The van der Waals surface area contributed by atoms with Gasteiger partial charge in [-0.25, -0.2) is 9.59 Å². The summed E-state index contributed by atoms with van der Waals surface area (Å²) in [6, 6.07) is 9.16. The molecule has 0 saturated carbocycles. The first-order chi connectivity index (χ1) is 10.1. The van der Waals surface area contributed by atoms with E-state index < -0.39 is 29.9 Å². The molecule has 114 valence electrons. The maximum Gasteiger partial charge on any atom is 0.338 e.